The Kier molecular flexibility index (Phi) is 5.80. The normalized spacial score (nSPS) is 15.7. The first kappa shape index (κ1) is 19.2. The van der Waals surface area contributed by atoms with Crippen molar-refractivity contribution in [3.8, 4) is 0 Å². The quantitative estimate of drug-likeness (QED) is 0.511. The van der Waals surface area contributed by atoms with Gasteiger partial charge in [0.25, 0.3) is 0 Å². The average Bonchev–Trinajstić information content (AvgIpc) is 2.74. The summed E-state index contributed by atoms with van der Waals surface area (Å²) in [6, 6.07) is 27.2. The van der Waals surface area contributed by atoms with Crippen LogP contribution in [0.2, 0.25) is 5.02 Å². The predicted octanol–water partition coefficient (Wildman–Crippen LogP) is 5.81. The Morgan fingerprint density at radius 1 is 1.00 bits per heavy atom. The van der Waals surface area contributed by atoms with Crippen molar-refractivity contribution < 1.29 is 20.6 Å². The summed E-state index contributed by atoms with van der Waals surface area (Å²) in [7, 11) is 1.70. The number of benzene rings is 3. The zero-order valence-electron chi connectivity index (χ0n) is 15.5. The van der Waals surface area contributed by atoms with Crippen molar-refractivity contribution in [1.29, 1.82) is 0 Å². The van der Waals surface area contributed by atoms with E-state index in [0.717, 1.165) is 33.0 Å². The molecule has 0 aliphatic carbocycles. The molecule has 140 valence electrons. The van der Waals surface area contributed by atoms with Crippen LogP contribution >= 0.6 is 11.6 Å². The fourth-order valence-corrected chi connectivity index (χ4v) is 4.14. The van der Waals surface area contributed by atoms with Gasteiger partial charge in [-0.3, -0.25) is 0 Å². The Bertz CT molecular complexity index is 1020. The molecule has 0 amide bonds. The van der Waals surface area contributed by atoms with Crippen LogP contribution in [0.4, 0.5) is 5.69 Å². The van der Waals surface area contributed by atoms with Gasteiger partial charge in [0.15, 0.2) is 0 Å². The molecule has 0 bridgehead atoms. The summed E-state index contributed by atoms with van der Waals surface area (Å²) in [5, 5.41) is 0.728. The van der Waals surface area contributed by atoms with E-state index < -0.39 is 0 Å². The van der Waals surface area contributed by atoms with Gasteiger partial charge in [0.2, 0.25) is 0 Å². The van der Waals surface area contributed by atoms with Crippen molar-refractivity contribution in [2.24, 2.45) is 0 Å². The molecule has 0 fully saturated rings. The zero-order valence-corrected chi connectivity index (χ0v) is 17.5. The summed E-state index contributed by atoms with van der Waals surface area (Å²) in [4.78, 5) is 2.42. The van der Waals surface area contributed by atoms with Crippen molar-refractivity contribution in [3.05, 3.63) is 106 Å². The van der Waals surface area contributed by atoms with Gasteiger partial charge in [-0.05, 0) is 0 Å². The van der Waals surface area contributed by atoms with Gasteiger partial charge in [0.05, 0.1) is 0 Å². The van der Waals surface area contributed by atoms with Crippen molar-refractivity contribution in [3.63, 3.8) is 0 Å². The second-order valence-corrected chi connectivity index (χ2v) is 7.74. The van der Waals surface area contributed by atoms with Crippen molar-refractivity contribution >= 4 is 27.9 Å². The van der Waals surface area contributed by atoms with E-state index in [0.29, 0.717) is 0 Å². The predicted molar refractivity (Wildman–Crippen MR) is 113 cm³/mol. The topological polar surface area (TPSA) is 12.5 Å². The van der Waals surface area contributed by atoms with Crippen LogP contribution in [-0.4, -0.2) is 11.7 Å². The molecule has 1 atom stereocenters. The number of fused-ring (bicyclic) bond motifs is 1. The Morgan fingerprint density at radius 3 is 2.36 bits per heavy atom. The maximum absolute atomic E-state index is 6.31. The number of halogens is 1. The molecule has 1 aliphatic rings. The van der Waals surface area contributed by atoms with E-state index in [1.54, 1.807) is 7.11 Å². The summed E-state index contributed by atoms with van der Waals surface area (Å²) in [5.41, 5.74) is 5.82. The van der Waals surface area contributed by atoms with E-state index in [4.69, 9.17) is 16.3 Å². The standard InChI is InChI=1S/C24H20ClNO.Cr/c1-27-17-21-14-20-15-22(25)12-13-23(20)26(16-18-8-4-2-5-9-18)24(21)19-10-6-3-7-11-19;/h2-15,24H,16H2,1H3;. The first-order valence-corrected chi connectivity index (χ1v) is 10.1. The minimum absolute atomic E-state index is 0.0336. The summed E-state index contributed by atoms with van der Waals surface area (Å²) < 4.78 is 6.41. The van der Waals surface area contributed by atoms with E-state index in [-0.39, 0.29) is 6.04 Å². The molecular weight excluding hydrogens is 406 g/mol. The Hall–Kier alpha value is -2.15. The van der Waals surface area contributed by atoms with Crippen LogP contribution in [-0.2, 0) is 27.1 Å². The molecular formula is C24H20ClCrNO. The molecule has 1 heterocycles. The molecule has 3 aromatic carbocycles. The third kappa shape index (κ3) is 3.85. The van der Waals surface area contributed by atoms with Crippen molar-refractivity contribution in [2.45, 2.75) is 12.6 Å². The zero-order chi connectivity index (χ0) is 19.5. The number of anilines is 1. The van der Waals surface area contributed by atoms with Gasteiger partial charge in [0.1, 0.15) is 0 Å². The molecule has 28 heavy (non-hydrogen) atoms. The maximum atomic E-state index is 6.31. The van der Waals surface area contributed by atoms with E-state index >= 15 is 0 Å². The van der Waals surface area contributed by atoms with Gasteiger partial charge in [-0.15, -0.1) is 0 Å². The number of nitrogens with zero attached hydrogens (tertiary/aromatic N) is 1. The van der Waals surface area contributed by atoms with Gasteiger partial charge in [-0.25, -0.2) is 0 Å². The number of methoxy groups -OCH3 is 1. The molecule has 0 N–H and O–H groups in total. The van der Waals surface area contributed by atoms with E-state index in [2.05, 4.69) is 81.4 Å². The van der Waals surface area contributed by atoms with Crippen LogP contribution in [0.3, 0.4) is 0 Å². The number of ether oxygens (including phenoxy) is 1. The Balaban J connectivity index is 1.90. The number of rotatable bonds is 5. The first-order chi connectivity index (χ1) is 13.7. The van der Waals surface area contributed by atoms with Crippen LogP contribution in [0.25, 0.3) is 6.08 Å². The van der Waals surface area contributed by atoms with Crippen LogP contribution in [0, 0.1) is 0 Å². The first-order valence-electron chi connectivity index (χ1n) is 9.12. The molecule has 2 nitrogen and oxygen atoms in total. The molecule has 0 spiro atoms. The van der Waals surface area contributed by atoms with E-state index in [1.807, 2.05) is 24.3 Å². The van der Waals surface area contributed by atoms with Crippen LogP contribution in [0.5, 0.6) is 0 Å². The van der Waals surface area contributed by atoms with Crippen molar-refractivity contribution in [2.75, 3.05) is 12.0 Å². The molecule has 4 heteroatoms. The molecule has 0 saturated carbocycles. The molecule has 1 aliphatic heterocycles. The molecule has 1 unspecified atom stereocenters. The minimum atomic E-state index is 0.0336. The number of hydrogen-bond donors (Lipinski definition) is 0. The Morgan fingerprint density at radius 2 is 1.68 bits per heavy atom. The summed E-state index contributed by atoms with van der Waals surface area (Å²) in [6.45, 7) is 0.781. The van der Waals surface area contributed by atoms with Crippen LogP contribution in [0.15, 0.2) is 84.4 Å². The SMILES string of the molecule is CO[C](=[Cr])C1=Cc2cc(Cl)ccc2N(Cc2ccccc2)C1c1ccccc1. The van der Waals surface area contributed by atoms with Gasteiger partial charge >= 0.3 is 179 Å². The van der Waals surface area contributed by atoms with Gasteiger partial charge < -0.3 is 0 Å². The molecule has 0 aromatic heterocycles. The number of hydrogen-bond acceptors (Lipinski definition) is 2. The fourth-order valence-electron chi connectivity index (χ4n) is 3.70. The van der Waals surface area contributed by atoms with Gasteiger partial charge in [-0.2, -0.15) is 0 Å². The second kappa shape index (κ2) is 8.47. The average molecular weight is 426 g/mol. The van der Waals surface area contributed by atoms with E-state index in [1.165, 1.54) is 11.1 Å². The molecule has 0 radical (unpaired) electrons. The fraction of sp³-hybridized carbons (Fsp3) is 0.125. The summed E-state index contributed by atoms with van der Waals surface area (Å²) >= 11 is 9.40. The van der Waals surface area contributed by atoms with Crippen LogP contribution < -0.4 is 4.90 Å². The second-order valence-electron chi connectivity index (χ2n) is 6.72. The molecule has 0 saturated heterocycles. The van der Waals surface area contributed by atoms with Crippen molar-refractivity contribution in [1.82, 2.24) is 0 Å². The van der Waals surface area contributed by atoms with Gasteiger partial charge in [0, 0.05) is 0 Å². The van der Waals surface area contributed by atoms with Crippen LogP contribution in [0.1, 0.15) is 22.7 Å². The third-order valence-electron chi connectivity index (χ3n) is 4.95. The summed E-state index contributed by atoms with van der Waals surface area (Å²) in [6.07, 6.45) is 2.18. The Labute approximate surface area is 179 Å². The van der Waals surface area contributed by atoms with E-state index in [9.17, 15) is 0 Å². The molecule has 4 rings (SSSR count). The molecule has 3 aromatic rings. The third-order valence-corrected chi connectivity index (χ3v) is 5.81. The monoisotopic (exact) mass is 425 g/mol. The summed E-state index contributed by atoms with van der Waals surface area (Å²) in [5.74, 6) is 0. The van der Waals surface area contributed by atoms with Gasteiger partial charge in [-0.1, -0.05) is 0 Å².